The molecule has 0 aliphatic heterocycles. The van der Waals surface area contributed by atoms with Gasteiger partial charge in [0.15, 0.2) is 11.5 Å². The van der Waals surface area contributed by atoms with Crippen molar-refractivity contribution in [2.24, 2.45) is 0 Å². The highest BCUT2D eigenvalue weighted by molar-refractivity contribution is 5.94. The van der Waals surface area contributed by atoms with Crippen molar-refractivity contribution in [3.63, 3.8) is 0 Å². The minimum atomic E-state index is -0.832. The van der Waals surface area contributed by atoms with E-state index in [9.17, 15) is 4.79 Å². The molecule has 6 nitrogen and oxygen atoms in total. The minimum Gasteiger partial charge on any atom is -0.493 e. The molecule has 0 aliphatic rings. The molecule has 0 radical (unpaired) electrons. The molecule has 0 aliphatic carbocycles. The lowest BCUT2D eigenvalue weighted by atomic mass is 10.1. The fourth-order valence-electron chi connectivity index (χ4n) is 2.16. The van der Waals surface area contributed by atoms with Gasteiger partial charge in [0, 0.05) is 25.2 Å². The summed E-state index contributed by atoms with van der Waals surface area (Å²) in [6.45, 7) is 0.385. The molecule has 6 heteroatoms. The standard InChI is InChI=1S/C15H18N2O4/c1-17(7-5-14(18)19)15-11-9-13(21-3)12(20-2)8-10(11)4-6-16-15/h4,6,8-9H,5,7H2,1-3H3,(H,18,19). The van der Waals surface area contributed by atoms with E-state index in [1.165, 1.54) is 0 Å². The van der Waals surface area contributed by atoms with E-state index in [4.69, 9.17) is 14.6 Å². The van der Waals surface area contributed by atoms with Gasteiger partial charge in [0.05, 0.1) is 20.6 Å². The van der Waals surface area contributed by atoms with Crippen LogP contribution in [0.4, 0.5) is 5.82 Å². The van der Waals surface area contributed by atoms with E-state index in [-0.39, 0.29) is 6.42 Å². The highest BCUT2D eigenvalue weighted by Gasteiger charge is 2.13. The highest BCUT2D eigenvalue weighted by atomic mass is 16.5. The lowest BCUT2D eigenvalue weighted by Crippen LogP contribution is -2.22. The number of aliphatic carboxylic acids is 1. The number of methoxy groups -OCH3 is 2. The number of hydrogen-bond donors (Lipinski definition) is 1. The van der Waals surface area contributed by atoms with Crippen LogP contribution in [0.15, 0.2) is 24.4 Å². The van der Waals surface area contributed by atoms with Crippen LogP contribution in [0, 0.1) is 0 Å². The molecule has 0 atom stereocenters. The van der Waals surface area contributed by atoms with Crippen LogP contribution >= 0.6 is 0 Å². The zero-order chi connectivity index (χ0) is 15.4. The molecule has 2 rings (SSSR count). The topological polar surface area (TPSA) is 71.9 Å². The van der Waals surface area contributed by atoms with Gasteiger partial charge in [0.25, 0.3) is 0 Å². The molecule has 1 aromatic heterocycles. The number of carboxylic acids is 1. The Kier molecular flexibility index (Phi) is 4.47. The minimum absolute atomic E-state index is 0.0574. The summed E-state index contributed by atoms with van der Waals surface area (Å²) in [5.74, 6) is 1.15. The Hall–Kier alpha value is -2.50. The number of carboxylic acid groups (broad SMARTS) is 1. The molecule has 0 saturated heterocycles. The lowest BCUT2D eigenvalue weighted by molar-refractivity contribution is -0.136. The highest BCUT2D eigenvalue weighted by Crippen LogP contribution is 2.35. The number of benzene rings is 1. The average molecular weight is 290 g/mol. The SMILES string of the molecule is COc1cc2ccnc(N(C)CCC(=O)O)c2cc1OC. The van der Waals surface area contributed by atoms with Gasteiger partial charge >= 0.3 is 5.97 Å². The van der Waals surface area contributed by atoms with Crippen molar-refractivity contribution in [3.8, 4) is 11.5 Å². The average Bonchev–Trinajstić information content (AvgIpc) is 2.50. The summed E-state index contributed by atoms with van der Waals surface area (Å²) in [6, 6.07) is 5.62. The van der Waals surface area contributed by atoms with Crippen molar-refractivity contribution < 1.29 is 19.4 Å². The maximum absolute atomic E-state index is 10.7. The van der Waals surface area contributed by atoms with E-state index < -0.39 is 5.97 Å². The summed E-state index contributed by atoms with van der Waals surface area (Å²) < 4.78 is 10.6. The summed E-state index contributed by atoms with van der Waals surface area (Å²) in [4.78, 5) is 16.9. The molecule has 0 unspecified atom stereocenters. The van der Waals surface area contributed by atoms with E-state index in [0.29, 0.717) is 18.0 Å². The molecule has 0 bridgehead atoms. The second-order valence-electron chi connectivity index (χ2n) is 4.63. The van der Waals surface area contributed by atoms with Crippen LogP contribution in [0.5, 0.6) is 11.5 Å². The maximum atomic E-state index is 10.7. The number of pyridine rings is 1. The van der Waals surface area contributed by atoms with Crippen LogP contribution in [-0.2, 0) is 4.79 Å². The van der Waals surface area contributed by atoms with E-state index in [1.54, 1.807) is 20.4 Å². The normalized spacial score (nSPS) is 10.4. The summed E-state index contributed by atoms with van der Waals surface area (Å²) in [6.07, 6.45) is 1.75. The molecule has 112 valence electrons. The van der Waals surface area contributed by atoms with Crippen LogP contribution < -0.4 is 14.4 Å². The smallest absolute Gasteiger partial charge is 0.305 e. The van der Waals surface area contributed by atoms with Crippen molar-refractivity contribution in [1.29, 1.82) is 0 Å². The molecular formula is C15H18N2O4. The molecule has 2 aromatic rings. The predicted molar refractivity (Wildman–Crippen MR) is 80.4 cm³/mol. The number of anilines is 1. The van der Waals surface area contributed by atoms with Gasteiger partial charge in [-0.05, 0) is 23.6 Å². The van der Waals surface area contributed by atoms with E-state index in [2.05, 4.69) is 4.98 Å². The predicted octanol–water partition coefficient (Wildman–Crippen LogP) is 2.16. The van der Waals surface area contributed by atoms with Gasteiger partial charge in [-0.25, -0.2) is 4.98 Å². The molecule has 0 amide bonds. The van der Waals surface area contributed by atoms with Crippen molar-refractivity contribution in [2.75, 3.05) is 32.7 Å². The number of ether oxygens (including phenoxy) is 2. The number of aromatic nitrogens is 1. The van der Waals surface area contributed by atoms with Gasteiger partial charge in [0.2, 0.25) is 0 Å². The summed E-state index contributed by atoms with van der Waals surface area (Å²) >= 11 is 0. The largest absolute Gasteiger partial charge is 0.493 e. The number of carbonyl (C=O) groups is 1. The first-order valence-electron chi connectivity index (χ1n) is 6.50. The first kappa shape index (κ1) is 14.9. The third kappa shape index (κ3) is 3.16. The second kappa shape index (κ2) is 6.30. The molecule has 1 heterocycles. The third-order valence-corrected chi connectivity index (χ3v) is 3.27. The zero-order valence-electron chi connectivity index (χ0n) is 12.3. The van der Waals surface area contributed by atoms with Gasteiger partial charge in [-0.15, -0.1) is 0 Å². The first-order chi connectivity index (χ1) is 10.1. The van der Waals surface area contributed by atoms with Gasteiger partial charge in [0.1, 0.15) is 5.82 Å². The van der Waals surface area contributed by atoms with Crippen LogP contribution in [0.25, 0.3) is 10.8 Å². The van der Waals surface area contributed by atoms with Gasteiger partial charge < -0.3 is 19.5 Å². The van der Waals surface area contributed by atoms with E-state index >= 15 is 0 Å². The Morgan fingerprint density at radius 1 is 1.29 bits per heavy atom. The zero-order valence-corrected chi connectivity index (χ0v) is 12.3. The van der Waals surface area contributed by atoms with Crippen LogP contribution in [0.3, 0.4) is 0 Å². The molecule has 1 N–H and O–H groups in total. The first-order valence-corrected chi connectivity index (χ1v) is 6.50. The Morgan fingerprint density at radius 2 is 1.95 bits per heavy atom. The Morgan fingerprint density at radius 3 is 2.57 bits per heavy atom. The summed E-state index contributed by atoms with van der Waals surface area (Å²) in [7, 11) is 4.99. The van der Waals surface area contributed by atoms with Gasteiger partial charge in [-0.2, -0.15) is 0 Å². The molecular weight excluding hydrogens is 272 g/mol. The van der Waals surface area contributed by atoms with Gasteiger partial charge in [-0.3, -0.25) is 4.79 Å². The van der Waals surface area contributed by atoms with E-state index in [0.717, 1.165) is 16.6 Å². The fraction of sp³-hybridized carbons (Fsp3) is 0.333. The number of rotatable bonds is 6. The number of fused-ring (bicyclic) bond motifs is 1. The second-order valence-corrected chi connectivity index (χ2v) is 4.63. The number of hydrogen-bond acceptors (Lipinski definition) is 5. The monoisotopic (exact) mass is 290 g/mol. The number of nitrogens with zero attached hydrogens (tertiary/aromatic N) is 2. The lowest BCUT2D eigenvalue weighted by Gasteiger charge is -2.19. The van der Waals surface area contributed by atoms with Crippen LogP contribution in [-0.4, -0.2) is 43.9 Å². The summed E-state index contributed by atoms with van der Waals surface area (Å²) in [5, 5.41) is 10.6. The molecule has 0 saturated carbocycles. The molecule has 21 heavy (non-hydrogen) atoms. The molecule has 1 aromatic carbocycles. The van der Waals surface area contributed by atoms with Crippen molar-refractivity contribution in [1.82, 2.24) is 4.98 Å². The van der Waals surface area contributed by atoms with Crippen LogP contribution in [0.2, 0.25) is 0 Å². The van der Waals surface area contributed by atoms with Crippen LogP contribution in [0.1, 0.15) is 6.42 Å². The Balaban J connectivity index is 2.46. The van der Waals surface area contributed by atoms with E-state index in [1.807, 2.05) is 30.1 Å². The Bertz CT molecular complexity index is 657. The van der Waals surface area contributed by atoms with Crippen molar-refractivity contribution in [2.45, 2.75) is 6.42 Å². The molecule has 0 spiro atoms. The summed E-state index contributed by atoms with van der Waals surface area (Å²) in [5.41, 5.74) is 0. The quantitative estimate of drug-likeness (QED) is 0.879. The Labute approximate surface area is 122 Å². The third-order valence-electron chi connectivity index (χ3n) is 3.27. The fourth-order valence-corrected chi connectivity index (χ4v) is 2.16. The molecule has 0 fully saturated rings. The van der Waals surface area contributed by atoms with Gasteiger partial charge in [-0.1, -0.05) is 0 Å². The van der Waals surface area contributed by atoms with Crippen molar-refractivity contribution >= 4 is 22.6 Å². The maximum Gasteiger partial charge on any atom is 0.305 e. The van der Waals surface area contributed by atoms with Crippen molar-refractivity contribution in [3.05, 3.63) is 24.4 Å².